The lowest BCUT2D eigenvalue weighted by Crippen LogP contribution is -2.48. The molecule has 2 aromatic carbocycles. The number of unbranched alkanes of at least 4 members (excludes halogenated alkanes) is 3. The molecule has 0 N–H and O–H groups in total. The van der Waals surface area contributed by atoms with Crippen LogP contribution in [-0.4, -0.2) is 37.1 Å². The Morgan fingerprint density at radius 2 is 1.57 bits per heavy atom. The van der Waals surface area contributed by atoms with E-state index < -0.39 is 5.41 Å². The molecule has 0 aromatic heterocycles. The molecule has 3 rings (SSSR count). The molecule has 1 aliphatic heterocycles. The number of hydrogen-bond donors (Lipinski definition) is 0. The first-order chi connectivity index (χ1) is 14.7. The van der Waals surface area contributed by atoms with E-state index in [-0.39, 0.29) is 5.97 Å². The van der Waals surface area contributed by atoms with Crippen LogP contribution in [0.25, 0.3) is 0 Å². The van der Waals surface area contributed by atoms with E-state index in [0.717, 1.165) is 63.7 Å². The molecule has 0 aliphatic carbocycles. The van der Waals surface area contributed by atoms with Gasteiger partial charge in [-0.1, -0.05) is 86.8 Å². The average Bonchev–Trinajstić information content (AvgIpc) is 2.80. The number of hydrogen-bond acceptors (Lipinski definition) is 3. The summed E-state index contributed by atoms with van der Waals surface area (Å²) in [5, 5.41) is 0. The van der Waals surface area contributed by atoms with Gasteiger partial charge < -0.3 is 9.64 Å². The number of piperidine rings is 1. The van der Waals surface area contributed by atoms with Crippen LogP contribution in [0.2, 0.25) is 0 Å². The number of rotatable bonds is 11. The van der Waals surface area contributed by atoms with Gasteiger partial charge in [0.25, 0.3) is 0 Å². The molecule has 3 heteroatoms. The Morgan fingerprint density at radius 3 is 2.23 bits per heavy atom. The molecule has 0 bridgehead atoms. The SMILES string of the molecule is CCCCCCOC(=O)C1(c2ccccc2)CCN(CCCc2ccccc2)CC1. The van der Waals surface area contributed by atoms with Crippen molar-refractivity contribution in [3.63, 3.8) is 0 Å². The summed E-state index contributed by atoms with van der Waals surface area (Å²) in [7, 11) is 0. The lowest BCUT2D eigenvalue weighted by Gasteiger charge is -2.40. The van der Waals surface area contributed by atoms with Crippen molar-refractivity contribution in [1.29, 1.82) is 0 Å². The first-order valence-electron chi connectivity index (χ1n) is 11.7. The summed E-state index contributed by atoms with van der Waals surface area (Å²) < 4.78 is 5.80. The Balaban J connectivity index is 1.55. The molecule has 0 saturated carbocycles. The highest BCUT2D eigenvalue weighted by molar-refractivity contribution is 5.83. The Labute approximate surface area is 182 Å². The van der Waals surface area contributed by atoms with Gasteiger partial charge in [-0.3, -0.25) is 4.79 Å². The summed E-state index contributed by atoms with van der Waals surface area (Å²) in [6.07, 6.45) is 8.46. The minimum atomic E-state index is -0.484. The minimum absolute atomic E-state index is 0.0193. The van der Waals surface area contributed by atoms with E-state index >= 15 is 0 Å². The van der Waals surface area contributed by atoms with Gasteiger partial charge in [0, 0.05) is 0 Å². The largest absolute Gasteiger partial charge is 0.465 e. The predicted octanol–water partition coefficient (Wildman–Crippen LogP) is 5.78. The maximum Gasteiger partial charge on any atom is 0.316 e. The second-order valence-corrected chi connectivity index (χ2v) is 8.58. The standard InChI is InChI=1S/C27H37NO2/c1-2-3-4-11-23-30-26(29)27(25-16-9-6-10-17-25)18-21-28(22-19-27)20-12-15-24-13-7-5-8-14-24/h5-10,13-14,16-17H,2-4,11-12,15,18-23H2,1H3. The number of ether oxygens (including phenoxy) is 1. The first-order valence-corrected chi connectivity index (χ1v) is 11.7. The van der Waals surface area contributed by atoms with Crippen LogP contribution >= 0.6 is 0 Å². The Kier molecular flexibility index (Phi) is 8.95. The van der Waals surface area contributed by atoms with Crippen molar-refractivity contribution in [3.8, 4) is 0 Å². The van der Waals surface area contributed by atoms with Crippen LogP contribution in [0.1, 0.15) is 63.0 Å². The summed E-state index contributed by atoms with van der Waals surface area (Å²) in [5.74, 6) is -0.0193. The monoisotopic (exact) mass is 407 g/mol. The van der Waals surface area contributed by atoms with Crippen LogP contribution in [0.5, 0.6) is 0 Å². The van der Waals surface area contributed by atoms with Gasteiger partial charge in [-0.2, -0.15) is 0 Å². The molecule has 162 valence electrons. The fourth-order valence-electron chi connectivity index (χ4n) is 4.51. The summed E-state index contributed by atoms with van der Waals surface area (Å²) >= 11 is 0. The fraction of sp³-hybridized carbons (Fsp3) is 0.519. The molecule has 30 heavy (non-hydrogen) atoms. The molecule has 1 heterocycles. The maximum atomic E-state index is 13.2. The van der Waals surface area contributed by atoms with Gasteiger partial charge in [0.15, 0.2) is 0 Å². The van der Waals surface area contributed by atoms with Gasteiger partial charge in [0.05, 0.1) is 12.0 Å². The molecular formula is C27H37NO2. The topological polar surface area (TPSA) is 29.5 Å². The lowest BCUT2D eigenvalue weighted by molar-refractivity contribution is -0.153. The number of carbonyl (C=O) groups excluding carboxylic acids is 1. The number of carbonyl (C=O) groups is 1. The van der Waals surface area contributed by atoms with Crippen LogP contribution in [0, 0.1) is 0 Å². The van der Waals surface area contributed by atoms with Crippen molar-refractivity contribution in [3.05, 3.63) is 71.8 Å². The van der Waals surface area contributed by atoms with Gasteiger partial charge >= 0.3 is 5.97 Å². The Bertz CT molecular complexity index is 736. The van der Waals surface area contributed by atoms with Crippen LogP contribution in [0.15, 0.2) is 60.7 Å². The fourth-order valence-corrected chi connectivity index (χ4v) is 4.51. The zero-order chi connectivity index (χ0) is 21.1. The normalized spacial score (nSPS) is 16.3. The average molecular weight is 408 g/mol. The molecule has 2 aromatic rings. The van der Waals surface area contributed by atoms with Crippen LogP contribution in [-0.2, 0) is 21.4 Å². The molecule has 1 saturated heterocycles. The van der Waals surface area contributed by atoms with Crippen molar-refractivity contribution in [2.75, 3.05) is 26.2 Å². The molecule has 0 radical (unpaired) electrons. The zero-order valence-corrected chi connectivity index (χ0v) is 18.5. The molecule has 1 aliphatic rings. The van der Waals surface area contributed by atoms with Gasteiger partial charge in [-0.05, 0) is 62.9 Å². The van der Waals surface area contributed by atoms with E-state index in [1.165, 1.54) is 18.4 Å². The quantitative estimate of drug-likeness (QED) is 0.349. The lowest BCUT2D eigenvalue weighted by atomic mass is 9.72. The summed E-state index contributed by atoms with van der Waals surface area (Å²) in [6, 6.07) is 21.0. The van der Waals surface area contributed by atoms with Gasteiger partial charge in [-0.15, -0.1) is 0 Å². The number of likely N-dealkylation sites (tertiary alicyclic amines) is 1. The third kappa shape index (κ3) is 6.18. The van der Waals surface area contributed by atoms with E-state index in [9.17, 15) is 4.79 Å². The number of nitrogens with zero attached hydrogens (tertiary/aromatic N) is 1. The smallest absolute Gasteiger partial charge is 0.316 e. The second-order valence-electron chi connectivity index (χ2n) is 8.58. The highest BCUT2D eigenvalue weighted by Gasteiger charge is 2.44. The van der Waals surface area contributed by atoms with E-state index in [1.807, 2.05) is 18.2 Å². The summed E-state index contributed by atoms with van der Waals surface area (Å²) in [6.45, 7) is 5.74. The van der Waals surface area contributed by atoms with Crippen molar-refractivity contribution in [2.45, 2.75) is 63.7 Å². The van der Waals surface area contributed by atoms with Crippen molar-refractivity contribution >= 4 is 5.97 Å². The van der Waals surface area contributed by atoms with Crippen molar-refractivity contribution in [1.82, 2.24) is 4.90 Å². The van der Waals surface area contributed by atoms with Crippen LogP contribution in [0.4, 0.5) is 0 Å². The highest BCUT2D eigenvalue weighted by Crippen LogP contribution is 2.37. The third-order valence-corrected chi connectivity index (χ3v) is 6.44. The molecule has 1 fully saturated rings. The molecule has 0 unspecified atom stereocenters. The highest BCUT2D eigenvalue weighted by atomic mass is 16.5. The second kappa shape index (κ2) is 11.9. The third-order valence-electron chi connectivity index (χ3n) is 6.44. The minimum Gasteiger partial charge on any atom is -0.465 e. The summed E-state index contributed by atoms with van der Waals surface area (Å²) in [4.78, 5) is 15.7. The van der Waals surface area contributed by atoms with Crippen molar-refractivity contribution < 1.29 is 9.53 Å². The van der Waals surface area contributed by atoms with E-state index in [2.05, 4.69) is 54.3 Å². The van der Waals surface area contributed by atoms with Gasteiger partial charge in [0.2, 0.25) is 0 Å². The van der Waals surface area contributed by atoms with Gasteiger partial charge in [-0.25, -0.2) is 0 Å². The summed E-state index contributed by atoms with van der Waals surface area (Å²) in [5.41, 5.74) is 2.04. The molecule has 0 amide bonds. The van der Waals surface area contributed by atoms with Crippen LogP contribution < -0.4 is 0 Å². The van der Waals surface area contributed by atoms with E-state index in [0.29, 0.717) is 6.61 Å². The molecular weight excluding hydrogens is 370 g/mol. The maximum absolute atomic E-state index is 13.2. The molecule has 0 atom stereocenters. The van der Waals surface area contributed by atoms with E-state index in [4.69, 9.17) is 4.74 Å². The number of benzene rings is 2. The van der Waals surface area contributed by atoms with Crippen LogP contribution in [0.3, 0.4) is 0 Å². The Morgan fingerprint density at radius 1 is 0.900 bits per heavy atom. The van der Waals surface area contributed by atoms with E-state index in [1.54, 1.807) is 0 Å². The number of esters is 1. The first kappa shape index (κ1) is 22.6. The van der Waals surface area contributed by atoms with Gasteiger partial charge in [0.1, 0.15) is 0 Å². The predicted molar refractivity (Wildman–Crippen MR) is 124 cm³/mol. The Hall–Kier alpha value is -2.13. The number of aryl methyl sites for hydroxylation is 1. The molecule has 0 spiro atoms. The van der Waals surface area contributed by atoms with Crippen molar-refractivity contribution in [2.24, 2.45) is 0 Å². The molecule has 3 nitrogen and oxygen atoms in total. The zero-order valence-electron chi connectivity index (χ0n) is 18.5.